The second-order valence-electron chi connectivity index (χ2n) is 5.19. The van der Waals surface area contributed by atoms with E-state index in [4.69, 9.17) is 4.74 Å². The SMILES string of the molecule is Cc1[nH]ncc1CNC[C@@H](O)CO[C@H](C)c1ccccc1. The Morgan fingerprint density at radius 3 is 2.76 bits per heavy atom. The lowest BCUT2D eigenvalue weighted by atomic mass is 10.1. The minimum atomic E-state index is -0.525. The molecule has 1 heterocycles. The average Bonchev–Trinajstić information content (AvgIpc) is 2.91. The zero-order valence-electron chi connectivity index (χ0n) is 12.5. The summed E-state index contributed by atoms with van der Waals surface area (Å²) in [5, 5.41) is 20.0. The van der Waals surface area contributed by atoms with Crippen molar-refractivity contribution in [1.82, 2.24) is 15.5 Å². The second-order valence-corrected chi connectivity index (χ2v) is 5.19. The Labute approximate surface area is 125 Å². The van der Waals surface area contributed by atoms with E-state index in [0.29, 0.717) is 19.7 Å². The van der Waals surface area contributed by atoms with Gasteiger partial charge in [0.05, 0.1) is 25.0 Å². The third kappa shape index (κ3) is 4.97. The molecule has 0 saturated carbocycles. The number of aliphatic hydroxyl groups excluding tert-OH is 1. The third-order valence-corrected chi connectivity index (χ3v) is 3.44. The lowest BCUT2D eigenvalue weighted by molar-refractivity contribution is -0.00212. The first-order valence-corrected chi connectivity index (χ1v) is 7.21. The molecule has 3 N–H and O–H groups in total. The van der Waals surface area contributed by atoms with E-state index in [1.165, 1.54) is 0 Å². The highest BCUT2D eigenvalue weighted by Crippen LogP contribution is 2.15. The van der Waals surface area contributed by atoms with E-state index in [-0.39, 0.29) is 6.10 Å². The summed E-state index contributed by atoms with van der Waals surface area (Å²) in [5.74, 6) is 0. The van der Waals surface area contributed by atoms with Gasteiger partial charge in [0.15, 0.2) is 0 Å². The molecule has 114 valence electrons. The van der Waals surface area contributed by atoms with Gasteiger partial charge in [0.1, 0.15) is 0 Å². The molecule has 0 unspecified atom stereocenters. The largest absolute Gasteiger partial charge is 0.389 e. The van der Waals surface area contributed by atoms with Gasteiger partial charge in [-0.1, -0.05) is 30.3 Å². The first-order chi connectivity index (χ1) is 10.2. The normalized spacial score (nSPS) is 14.0. The number of aromatic amines is 1. The van der Waals surface area contributed by atoms with E-state index in [1.54, 1.807) is 6.20 Å². The Morgan fingerprint density at radius 2 is 2.10 bits per heavy atom. The summed E-state index contributed by atoms with van der Waals surface area (Å²) in [6.07, 6.45) is 1.25. The molecule has 0 saturated heterocycles. The van der Waals surface area contributed by atoms with Gasteiger partial charge in [-0.2, -0.15) is 5.10 Å². The number of benzene rings is 1. The number of aliphatic hydroxyl groups is 1. The Bertz CT molecular complexity index is 527. The van der Waals surface area contributed by atoms with E-state index in [1.807, 2.05) is 44.2 Å². The van der Waals surface area contributed by atoms with Crippen LogP contribution >= 0.6 is 0 Å². The van der Waals surface area contributed by atoms with E-state index in [0.717, 1.165) is 16.8 Å². The van der Waals surface area contributed by atoms with E-state index < -0.39 is 6.10 Å². The van der Waals surface area contributed by atoms with Gasteiger partial charge in [0.25, 0.3) is 0 Å². The van der Waals surface area contributed by atoms with Crippen LogP contribution in [0.1, 0.15) is 29.8 Å². The van der Waals surface area contributed by atoms with Crippen molar-refractivity contribution < 1.29 is 9.84 Å². The van der Waals surface area contributed by atoms with Gasteiger partial charge in [-0.15, -0.1) is 0 Å². The summed E-state index contributed by atoms with van der Waals surface area (Å²) in [6.45, 7) is 5.46. The topological polar surface area (TPSA) is 70.2 Å². The van der Waals surface area contributed by atoms with Crippen molar-refractivity contribution in [1.29, 1.82) is 0 Å². The smallest absolute Gasteiger partial charge is 0.0898 e. The predicted octanol–water partition coefficient (Wildman–Crippen LogP) is 1.95. The fraction of sp³-hybridized carbons (Fsp3) is 0.438. The van der Waals surface area contributed by atoms with Crippen LogP contribution in [-0.4, -0.2) is 34.6 Å². The molecule has 0 radical (unpaired) electrons. The Balaban J connectivity index is 1.65. The Kier molecular flexibility index (Phi) is 5.92. The van der Waals surface area contributed by atoms with Gasteiger partial charge in [0, 0.05) is 24.3 Å². The number of nitrogens with zero attached hydrogens (tertiary/aromatic N) is 1. The van der Waals surface area contributed by atoms with Crippen LogP contribution in [0.3, 0.4) is 0 Å². The molecule has 2 atom stereocenters. The van der Waals surface area contributed by atoms with Crippen LogP contribution < -0.4 is 5.32 Å². The molecular weight excluding hydrogens is 266 g/mol. The summed E-state index contributed by atoms with van der Waals surface area (Å²) >= 11 is 0. The van der Waals surface area contributed by atoms with Crippen LogP contribution in [0.2, 0.25) is 0 Å². The highest BCUT2D eigenvalue weighted by Gasteiger charge is 2.10. The first-order valence-electron chi connectivity index (χ1n) is 7.21. The number of aromatic nitrogens is 2. The molecule has 0 spiro atoms. The fourth-order valence-electron chi connectivity index (χ4n) is 2.06. The summed E-state index contributed by atoms with van der Waals surface area (Å²) in [4.78, 5) is 0. The van der Waals surface area contributed by atoms with Gasteiger partial charge < -0.3 is 15.2 Å². The zero-order chi connectivity index (χ0) is 15.1. The van der Waals surface area contributed by atoms with Gasteiger partial charge in [-0.05, 0) is 19.4 Å². The molecule has 21 heavy (non-hydrogen) atoms. The quantitative estimate of drug-likeness (QED) is 0.694. The number of rotatable bonds is 8. The molecule has 0 aliphatic rings. The molecule has 5 nitrogen and oxygen atoms in total. The van der Waals surface area contributed by atoms with E-state index >= 15 is 0 Å². The van der Waals surface area contributed by atoms with Crippen LogP contribution in [-0.2, 0) is 11.3 Å². The van der Waals surface area contributed by atoms with Crippen LogP contribution in [0.25, 0.3) is 0 Å². The maximum atomic E-state index is 9.93. The molecule has 2 aromatic rings. The third-order valence-electron chi connectivity index (χ3n) is 3.44. The number of H-pyrrole nitrogens is 1. The molecule has 1 aromatic carbocycles. The molecule has 5 heteroatoms. The van der Waals surface area contributed by atoms with Crippen molar-refractivity contribution in [2.24, 2.45) is 0 Å². The molecule has 0 amide bonds. The number of ether oxygens (including phenoxy) is 1. The molecule has 0 aliphatic heterocycles. The van der Waals surface area contributed by atoms with Gasteiger partial charge in [-0.3, -0.25) is 5.10 Å². The lowest BCUT2D eigenvalue weighted by Gasteiger charge is -2.17. The highest BCUT2D eigenvalue weighted by molar-refractivity contribution is 5.16. The molecule has 0 bridgehead atoms. The molecule has 2 rings (SSSR count). The van der Waals surface area contributed by atoms with Crippen LogP contribution in [0.5, 0.6) is 0 Å². The average molecular weight is 289 g/mol. The van der Waals surface area contributed by atoms with Gasteiger partial charge in [-0.25, -0.2) is 0 Å². The van der Waals surface area contributed by atoms with Crippen LogP contribution in [0, 0.1) is 6.92 Å². The maximum Gasteiger partial charge on any atom is 0.0898 e. The monoisotopic (exact) mass is 289 g/mol. The Morgan fingerprint density at radius 1 is 1.33 bits per heavy atom. The molecule has 0 fully saturated rings. The standard InChI is InChI=1S/C16H23N3O2/c1-12-15(9-18-19-12)8-17-10-16(20)11-21-13(2)14-6-4-3-5-7-14/h3-7,9,13,16-17,20H,8,10-11H2,1-2H3,(H,18,19)/t13-,16-/m1/s1. The minimum Gasteiger partial charge on any atom is -0.389 e. The number of hydrogen-bond donors (Lipinski definition) is 3. The van der Waals surface area contributed by atoms with Crippen molar-refractivity contribution in [3.05, 3.63) is 53.3 Å². The number of aryl methyl sites for hydroxylation is 1. The lowest BCUT2D eigenvalue weighted by Crippen LogP contribution is -2.30. The summed E-state index contributed by atoms with van der Waals surface area (Å²) in [7, 11) is 0. The summed E-state index contributed by atoms with van der Waals surface area (Å²) in [6, 6.07) is 10.0. The van der Waals surface area contributed by atoms with Crippen molar-refractivity contribution in [2.75, 3.05) is 13.2 Å². The van der Waals surface area contributed by atoms with Crippen molar-refractivity contribution in [3.8, 4) is 0 Å². The summed E-state index contributed by atoms with van der Waals surface area (Å²) < 4.78 is 5.69. The van der Waals surface area contributed by atoms with Crippen molar-refractivity contribution in [3.63, 3.8) is 0 Å². The molecule has 1 aromatic heterocycles. The second kappa shape index (κ2) is 7.93. The van der Waals surface area contributed by atoms with Crippen LogP contribution in [0.4, 0.5) is 0 Å². The number of hydrogen-bond acceptors (Lipinski definition) is 4. The molecule has 0 aliphatic carbocycles. The van der Waals surface area contributed by atoms with Crippen molar-refractivity contribution in [2.45, 2.75) is 32.6 Å². The van der Waals surface area contributed by atoms with Gasteiger partial charge >= 0.3 is 0 Å². The van der Waals surface area contributed by atoms with E-state index in [9.17, 15) is 5.11 Å². The highest BCUT2D eigenvalue weighted by atomic mass is 16.5. The number of nitrogens with one attached hydrogen (secondary N) is 2. The van der Waals surface area contributed by atoms with E-state index in [2.05, 4.69) is 15.5 Å². The maximum absolute atomic E-state index is 9.93. The predicted molar refractivity (Wildman–Crippen MR) is 81.8 cm³/mol. The van der Waals surface area contributed by atoms with Gasteiger partial charge in [0.2, 0.25) is 0 Å². The van der Waals surface area contributed by atoms with Crippen molar-refractivity contribution >= 4 is 0 Å². The molecular formula is C16H23N3O2. The first kappa shape index (κ1) is 15.7. The summed E-state index contributed by atoms with van der Waals surface area (Å²) in [5.41, 5.74) is 3.28. The minimum absolute atomic E-state index is 0.0167. The van der Waals surface area contributed by atoms with Crippen LogP contribution in [0.15, 0.2) is 36.5 Å². The zero-order valence-corrected chi connectivity index (χ0v) is 12.5. The fourth-order valence-corrected chi connectivity index (χ4v) is 2.06. The Hall–Kier alpha value is -1.69.